The zero-order chi connectivity index (χ0) is 13.8. The predicted molar refractivity (Wildman–Crippen MR) is 69.3 cm³/mol. The van der Waals surface area contributed by atoms with Crippen LogP contribution < -0.4 is 9.47 Å². The number of carboxylic acids is 1. The van der Waals surface area contributed by atoms with Crippen LogP contribution in [0.25, 0.3) is 0 Å². The summed E-state index contributed by atoms with van der Waals surface area (Å²) in [6.07, 6.45) is 1.41. The third-order valence-corrected chi connectivity index (χ3v) is 2.56. The van der Waals surface area contributed by atoms with Gasteiger partial charge in [-0.2, -0.15) is 0 Å². The van der Waals surface area contributed by atoms with Crippen molar-refractivity contribution in [3.05, 3.63) is 47.1 Å². The summed E-state index contributed by atoms with van der Waals surface area (Å²) in [7, 11) is 1.43. The Hall–Kier alpha value is -2.27. The molecule has 5 nitrogen and oxygen atoms in total. The summed E-state index contributed by atoms with van der Waals surface area (Å²) in [4.78, 5) is 15.1. The maximum absolute atomic E-state index is 11.2. The highest BCUT2D eigenvalue weighted by Gasteiger charge is 2.17. The van der Waals surface area contributed by atoms with E-state index in [0.717, 1.165) is 0 Å². The number of carbonyl (C=O) groups is 1. The van der Waals surface area contributed by atoms with Crippen LogP contribution in [0, 0.1) is 0 Å². The molecule has 6 heteroatoms. The van der Waals surface area contributed by atoms with Crippen molar-refractivity contribution in [3.8, 4) is 17.4 Å². The fraction of sp³-hybridized carbons (Fsp3) is 0.0769. The van der Waals surface area contributed by atoms with Crippen molar-refractivity contribution in [2.24, 2.45) is 0 Å². The highest BCUT2D eigenvalue weighted by atomic mass is 35.5. The number of rotatable bonds is 4. The molecule has 1 N–H and O–H groups in total. The van der Waals surface area contributed by atoms with Crippen molar-refractivity contribution < 1.29 is 19.4 Å². The number of para-hydroxylation sites is 1. The summed E-state index contributed by atoms with van der Waals surface area (Å²) < 4.78 is 10.6. The van der Waals surface area contributed by atoms with Crippen LogP contribution >= 0.6 is 11.6 Å². The first kappa shape index (κ1) is 13.2. The van der Waals surface area contributed by atoms with Gasteiger partial charge in [-0.3, -0.25) is 0 Å². The molecular formula is C13H10ClNO4. The van der Waals surface area contributed by atoms with Crippen LogP contribution in [-0.2, 0) is 0 Å². The molecule has 0 atom stereocenters. The number of aromatic carboxylic acids is 1. The Labute approximate surface area is 114 Å². The van der Waals surface area contributed by atoms with Crippen LogP contribution in [0.5, 0.6) is 17.4 Å². The van der Waals surface area contributed by atoms with E-state index >= 15 is 0 Å². The minimum Gasteiger partial charge on any atom is -0.493 e. The van der Waals surface area contributed by atoms with Gasteiger partial charge in [0.2, 0.25) is 5.88 Å². The average Bonchev–Trinajstić information content (AvgIpc) is 2.41. The number of methoxy groups -OCH3 is 1. The van der Waals surface area contributed by atoms with E-state index in [-0.39, 0.29) is 17.2 Å². The Morgan fingerprint density at radius 1 is 1.32 bits per heavy atom. The van der Waals surface area contributed by atoms with Gasteiger partial charge in [0.25, 0.3) is 0 Å². The maximum Gasteiger partial charge on any atom is 0.339 e. The molecule has 1 aromatic carbocycles. The highest BCUT2D eigenvalue weighted by Crippen LogP contribution is 2.34. The van der Waals surface area contributed by atoms with E-state index in [1.54, 1.807) is 24.3 Å². The van der Waals surface area contributed by atoms with Gasteiger partial charge in [0.1, 0.15) is 5.56 Å². The fourth-order valence-electron chi connectivity index (χ4n) is 1.48. The molecule has 1 heterocycles. The lowest BCUT2D eigenvalue weighted by Crippen LogP contribution is -2.02. The number of ether oxygens (including phenoxy) is 2. The highest BCUT2D eigenvalue weighted by molar-refractivity contribution is 6.30. The molecule has 0 spiro atoms. The lowest BCUT2D eigenvalue weighted by Gasteiger charge is -2.11. The van der Waals surface area contributed by atoms with E-state index in [0.29, 0.717) is 10.8 Å². The summed E-state index contributed by atoms with van der Waals surface area (Å²) >= 11 is 5.72. The summed E-state index contributed by atoms with van der Waals surface area (Å²) in [6, 6.07) is 7.75. The predicted octanol–water partition coefficient (Wildman–Crippen LogP) is 3.23. The molecule has 0 aliphatic heterocycles. The van der Waals surface area contributed by atoms with Crippen molar-refractivity contribution in [3.63, 3.8) is 0 Å². The topological polar surface area (TPSA) is 68.7 Å². The molecule has 0 unspecified atom stereocenters. The first-order valence-corrected chi connectivity index (χ1v) is 5.69. The molecule has 2 aromatic rings. The van der Waals surface area contributed by atoms with Crippen LogP contribution in [0.1, 0.15) is 10.4 Å². The van der Waals surface area contributed by atoms with Crippen molar-refractivity contribution in [2.75, 3.05) is 7.11 Å². The molecular weight excluding hydrogens is 270 g/mol. The quantitative estimate of drug-likeness (QED) is 0.930. The van der Waals surface area contributed by atoms with Crippen LogP contribution in [-0.4, -0.2) is 23.2 Å². The molecule has 0 fully saturated rings. The maximum atomic E-state index is 11.2. The van der Waals surface area contributed by atoms with Gasteiger partial charge < -0.3 is 14.6 Å². The van der Waals surface area contributed by atoms with E-state index in [1.807, 2.05) is 0 Å². The normalized spacial score (nSPS) is 10.0. The molecule has 0 amide bonds. The molecule has 0 saturated carbocycles. The SMILES string of the molecule is COc1cccc(C(=O)O)c1Oc1ccc(Cl)cn1. The molecule has 0 saturated heterocycles. The summed E-state index contributed by atoms with van der Waals surface area (Å²) in [5, 5.41) is 9.59. The van der Waals surface area contributed by atoms with Crippen molar-refractivity contribution >= 4 is 17.6 Å². The van der Waals surface area contributed by atoms with Crippen molar-refractivity contribution in [2.45, 2.75) is 0 Å². The van der Waals surface area contributed by atoms with E-state index in [1.165, 1.54) is 19.4 Å². The lowest BCUT2D eigenvalue weighted by molar-refractivity contribution is 0.0693. The van der Waals surface area contributed by atoms with E-state index in [2.05, 4.69) is 4.98 Å². The third kappa shape index (κ3) is 2.95. The van der Waals surface area contributed by atoms with Gasteiger partial charge >= 0.3 is 5.97 Å². The van der Waals surface area contributed by atoms with Gasteiger partial charge in [-0.1, -0.05) is 17.7 Å². The van der Waals surface area contributed by atoms with Gasteiger partial charge in [0, 0.05) is 12.3 Å². The van der Waals surface area contributed by atoms with E-state index < -0.39 is 5.97 Å². The monoisotopic (exact) mass is 279 g/mol. The molecule has 1 aromatic heterocycles. The van der Waals surface area contributed by atoms with Gasteiger partial charge in [-0.15, -0.1) is 0 Å². The Balaban J connectivity index is 2.42. The minimum atomic E-state index is -1.11. The summed E-state index contributed by atoms with van der Waals surface area (Å²) in [6.45, 7) is 0. The first-order chi connectivity index (χ1) is 9.11. The van der Waals surface area contributed by atoms with Crippen LogP contribution in [0.2, 0.25) is 5.02 Å². The third-order valence-electron chi connectivity index (χ3n) is 2.34. The molecule has 0 bridgehead atoms. The fourth-order valence-corrected chi connectivity index (χ4v) is 1.59. The van der Waals surface area contributed by atoms with Gasteiger partial charge in [0.05, 0.1) is 12.1 Å². The average molecular weight is 280 g/mol. The number of aromatic nitrogens is 1. The Morgan fingerprint density at radius 2 is 2.11 bits per heavy atom. The molecule has 98 valence electrons. The second-order valence-corrected chi connectivity index (χ2v) is 4.00. The van der Waals surface area contributed by atoms with Gasteiger partial charge in [0.15, 0.2) is 11.5 Å². The van der Waals surface area contributed by atoms with Crippen LogP contribution in [0.3, 0.4) is 0 Å². The molecule has 0 aliphatic rings. The van der Waals surface area contributed by atoms with Crippen molar-refractivity contribution in [1.82, 2.24) is 4.98 Å². The van der Waals surface area contributed by atoms with Crippen LogP contribution in [0.15, 0.2) is 36.5 Å². The molecule has 0 aliphatic carbocycles. The van der Waals surface area contributed by atoms with E-state index in [4.69, 9.17) is 26.2 Å². The zero-order valence-corrected chi connectivity index (χ0v) is 10.7. The largest absolute Gasteiger partial charge is 0.493 e. The number of nitrogens with zero attached hydrogens (tertiary/aromatic N) is 1. The second kappa shape index (κ2) is 5.58. The Kier molecular flexibility index (Phi) is 3.87. The number of hydrogen-bond donors (Lipinski definition) is 1. The summed E-state index contributed by atoms with van der Waals surface area (Å²) in [5.41, 5.74) is -0.00361. The molecule has 2 rings (SSSR count). The smallest absolute Gasteiger partial charge is 0.339 e. The molecule has 19 heavy (non-hydrogen) atoms. The molecule has 0 radical (unpaired) electrons. The van der Waals surface area contributed by atoms with E-state index in [9.17, 15) is 4.79 Å². The number of carboxylic acid groups (broad SMARTS) is 1. The number of pyridine rings is 1. The number of halogens is 1. The van der Waals surface area contributed by atoms with Gasteiger partial charge in [-0.05, 0) is 18.2 Å². The zero-order valence-electron chi connectivity index (χ0n) is 9.96. The minimum absolute atomic E-state index is 0.00361. The van der Waals surface area contributed by atoms with Crippen LogP contribution in [0.4, 0.5) is 0 Å². The Morgan fingerprint density at radius 3 is 2.68 bits per heavy atom. The lowest BCUT2D eigenvalue weighted by atomic mass is 10.2. The standard InChI is InChI=1S/C13H10ClNO4/c1-18-10-4-2-3-9(13(16)17)12(10)19-11-6-5-8(14)7-15-11/h2-7H,1H3,(H,16,17). The second-order valence-electron chi connectivity index (χ2n) is 3.56. The van der Waals surface area contributed by atoms with Crippen molar-refractivity contribution in [1.29, 1.82) is 0 Å². The summed E-state index contributed by atoms with van der Waals surface area (Å²) in [5.74, 6) is -0.455. The number of hydrogen-bond acceptors (Lipinski definition) is 4. The Bertz CT molecular complexity index is 598. The van der Waals surface area contributed by atoms with Gasteiger partial charge in [-0.25, -0.2) is 9.78 Å². The first-order valence-electron chi connectivity index (χ1n) is 5.31. The number of benzene rings is 1.